The number of hydrogen-bond donors (Lipinski definition) is 0. The Balaban J connectivity index is 2.92. The molecule has 0 radical (unpaired) electrons. The van der Waals surface area contributed by atoms with Gasteiger partial charge in [0.1, 0.15) is 0 Å². The third-order valence-corrected chi connectivity index (χ3v) is 7.48. The highest BCUT2D eigenvalue weighted by Gasteiger charge is 2.28. The molecule has 0 saturated heterocycles. The van der Waals surface area contributed by atoms with Crippen molar-refractivity contribution in [3.05, 3.63) is 55.1 Å². The average Bonchev–Trinajstić information content (AvgIpc) is 2.27. The van der Waals surface area contributed by atoms with Crippen LogP contribution in [0.2, 0.25) is 18.6 Å². The third kappa shape index (κ3) is 2.93. The molecular formula is C14H20Si. The van der Waals surface area contributed by atoms with E-state index in [0.29, 0.717) is 5.54 Å². The van der Waals surface area contributed by atoms with E-state index in [9.17, 15) is 0 Å². The van der Waals surface area contributed by atoms with Crippen molar-refractivity contribution in [2.45, 2.75) is 25.6 Å². The summed E-state index contributed by atoms with van der Waals surface area (Å²) in [6.07, 6.45) is 6.18. The lowest BCUT2D eigenvalue weighted by molar-refractivity contribution is 1.14. The minimum atomic E-state index is -1.35. The second-order valence-electron chi connectivity index (χ2n) is 4.50. The second kappa shape index (κ2) is 5.13. The second-order valence-corrected chi connectivity index (χ2v) is 9.43. The van der Waals surface area contributed by atoms with Gasteiger partial charge in [0, 0.05) is 0 Å². The highest BCUT2D eigenvalue weighted by molar-refractivity contribution is 6.91. The molecule has 1 rings (SSSR count). The van der Waals surface area contributed by atoms with Crippen LogP contribution in [0.15, 0.2) is 55.1 Å². The van der Waals surface area contributed by atoms with E-state index in [1.165, 1.54) is 5.19 Å². The zero-order chi connectivity index (χ0) is 11.3. The summed E-state index contributed by atoms with van der Waals surface area (Å²) in [7, 11) is -1.35. The molecule has 0 aliphatic heterocycles. The van der Waals surface area contributed by atoms with Gasteiger partial charge in [0.05, 0.1) is 8.07 Å². The first kappa shape index (κ1) is 12.0. The summed E-state index contributed by atoms with van der Waals surface area (Å²) in [6.45, 7) is 10.9. The fourth-order valence-corrected chi connectivity index (χ4v) is 3.79. The molecule has 0 nitrogen and oxygen atoms in total. The summed E-state index contributed by atoms with van der Waals surface area (Å²) in [5, 5.41) is 1.52. The Kier molecular flexibility index (Phi) is 4.10. The van der Waals surface area contributed by atoms with Gasteiger partial charge < -0.3 is 0 Å². The molecule has 0 unspecified atom stereocenters. The molecule has 1 heteroatoms. The standard InChI is InChI=1S/C14H20Si/c1-5-6-10-13(2)15(3,4)14-11-8-7-9-12-14/h5-13H,1H2,2-4H3/b10-6-/t13-/m0/s1. The Hall–Kier alpha value is -1.08. The molecule has 0 fully saturated rings. The monoisotopic (exact) mass is 216 g/mol. The van der Waals surface area contributed by atoms with E-state index < -0.39 is 8.07 Å². The quantitative estimate of drug-likeness (QED) is 0.531. The fraction of sp³-hybridized carbons (Fsp3) is 0.286. The van der Waals surface area contributed by atoms with Gasteiger partial charge in [-0.05, 0) is 5.54 Å². The highest BCUT2D eigenvalue weighted by atomic mass is 28.3. The first-order chi connectivity index (χ1) is 7.09. The molecule has 0 saturated carbocycles. The lowest BCUT2D eigenvalue weighted by atomic mass is 10.4. The van der Waals surface area contributed by atoms with Crippen LogP contribution >= 0.6 is 0 Å². The Bertz CT molecular complexity index is 336. The maximum absolute atomic E-state index is 3.72. The normalized spacial score (nSPS) is 14.1. The number of allylic oxidation sites excluding steroid dienone is 3. The molecule has 0 aliphatic carbocycles. The topological polar surface area (TPSA) is 0 Å². The van der Waals surface area contributed by atoms with E-state index >= 15 is 0 Å². The van der Waals surface area contributed by atoms with Crippen LogP contribution < -0.4 is 5.19 Å². The molecule has 15 heavy (non-hydrogen) atoms. The molecule has 0 heterocycles. The van der Waals surface area contributed by atoms with Crippen molar-refractivity contribution < 1.29 is 0 Å². The molecule has 0 aromatic heterocycles. The summed E-state index contributed by atoms with van der Waals surface area (Å²) in [4.78, 5) is 0. The number of rotatable bonds is 4. The van der Waals surface area contributed by atoms with Crippen molar-refractivity contribution in [2.75, 3.05) is 0 Å². The minimum Gasteiger partial charge on any atom is -0.0991 e. The molecule has 0 N–H and O–H groups in total. The first-order valence-electron chi connectivity index (χ1n) is 5.43. The summed E-state index contributed by atoms with van der Waals surface area (Å²) in [5.41, 5.74) is 0.637. The van der Waals surface area contributed by atoms with Gasteiger partial charge in [-0.2, -0.15) is 0 Å². The van der Waals surface area contributed by atoms with Crippen molar-refractivity contribution in [2.24, 2.45) is 0 Å². The smallest absolute Gasteiger partial charge is 0.0871 e. The van der Waals surface area contributed by atoms with Crippen LogP contribution in [0.1, 0.15) is 6.92 Å². The molecule has 1 aromatic rings. The van der Waals surface area contributed by atoms with Crippen LogP contribution in [0.5, 0.6) is 0 Å². The van der Waals surface area contributed by atoms with Crippen LogP contribution in [0.3, 0.4) is 0 Å². The Labute approximate surface area is 94.4 Å². The summed E-state index contributed by atoms with van der Waals surface area (Å²) < 4.78 is 0. The van der Waals surface area contributed by atoms with Crippen LogP contribution in [0, 0.1) is 0 Å². The van der Waals surface area contributed by atoms with Crippen LogP contribution in [0.4, 0.5) is 0 Å². The molecule has 0 spiro atoms. The average molecular weight is 216 g/mol. The molecule has 0 aliphatic rings. The van der Waals surface area contributed by atoms with E-state index in [1.54, 1.807) is 0 Å². The molecule has 1 aromatic carbocycles. The summed E-state index contributed by atoms with van der Waals surface area (Å²) in [5.74, 6) is 0. The van der Waals surface area contributed by atoms with Crippen molar-refractivity contribution in [1.29, 1.82) is 0 Å². The predicted molar refractivity (Wildman–Crippen MR) is 72.3 cm³/mol. The first-order valence-corrected chi connectivity index (χ1v) is 8.51. The zero-order valence-electron chi connectivity index (χ0n) is 9.90. The third-order valence-electron chi connectivity index (χ3n) is 3.19. The Morgan fingerprint density at radius 3 is 2.33 bits per heavy atom. The molecule has 0 bridgehead atoms. The molecule has 0 amide bonds. The van der Waals surface area contributed by atoms with Gasteiger partial charge in [-0.3, -0.25) is 0 Å². The minimum absolute atomic E-state index is 0.637. The van der Waals surface area contributed by atoms with Crippen molar-refractivity contribution in [3.63, 3.8) is 0 Å². The molecule has 80 valence electrons. The van der Waals surface area contributed by atoms with Gasteiger partial charge in [0.2, 0.25) is 0 Å². The largest absolute Gasteiger partial charge is 0.0991 e. The van der Waals surface area contributed by atoms with E-state index in [-0.39, 0.29) is 0 Å². The van der Waals surface area contributed by atoms with Gasteiger partial charge in [0.15, 0.2) is 0 Å². The lowest BCUT2D eigenvalue weighted by Gasteiger charge is -2.28. The van der Waals surface area contributed by atoms with E-state index in [2.05, 4.69) is 69.1 Å². The number of benzene rings is 1. The van der Waals surface area contributed by atoms with Gasteiger partial charge in [-0.1, -0.05) is 80.3 Å². The van der Waals surface area contributed by atoms with Crippen molar-refractivity contribution >= 4 is 13.3 Å². The van der Waals surface area contributed by atoms with E-state index in [0.717, 1.165) is 0 Å². The van der Waals surface area contributed by atoms with Gasteiger partial charge in [-0.25, -0.2) is 0 Å². The van der Waals surface area contributed by atoms with Crippen LogP contribution in [-0.2, 0) is 0 Å². The van der Waals surface area contributed by atoms with E-state index in [1.807, 2.05) is 6.08 Å². The molecular weight excluding hydrogens is 196 g/mol. The van der Waals surface area contributed by atoms with Gasteiger partial charge in [-0.15, -0.1) is 0 Å². The van der Waals surface area contributed by atoms with Crippen LogP contribution in [0.25, 0.3) is 0 Å². The number of hydrogen-bond acceptors (Lipinski definition) is 0. The maximum atomic E-state index is 3.72. The fourth-order valence-electron chi connectivity index (χ4n) is 1.62. The lowest BCUT2D eigenvalue weighted by Crippen LogP contribution is -2.44. The predicted octanol–water partition coefficient (Wildman–Crippen LogP) is 3.73. The summed E-state index contributed by atoms with van der Waals surface area (Å²) in [6, 6.07) is 10.9. The van der Waals surface area contributed by atoms with Crippen molar-refractivity contribution in [1.82, 2.24) is 0 Å². The maximum Gasteiger partial charge on any atom is 0.0871 e. The highest BCUT2D eigenvalue weighted by Crippen LogP contribution is 2.22. The van der Waals surface area contributed by atoms with Crippen LogP contribution in [-0.4, -0.2) is 8.07 Å². The summed E-state index contributed by atoms with van der Waals surface area (Å²) >= 11 is 0. The molecule has 1 atom stereocenters. The Morgan fingerprint density at radius 1 is 1.20 bits per heavy atom. The SMILES string of the molecule is C=C/C=C\[C@H](C)[Si](C)(C)c1ccccc1. The van der Waals surface area contributed by atoms with Gasteiger partial charge >= 0.3 is 0 Å². The van der Waals surface area contributed by atoms with Gasteiger partial charge in [0.25, 0.3) is 0 Å². The Morgan fingerprint density at radius 2 is 1.80 bits per heavy atom. The zero-order valence-corrected chi connectivity index (χ0v) is 10.9. The van der Waals surface area contributed by atoms with Crippen molar-refractivity contribution in [3.8, 4) is 0 Å². The van der Waals surface area contributed by atoms with E-state index in [4.69, 9.17) is 0 Å².